The fourth-order valence-corrected chi connectivity index (χ4v) is 4.98. The Morgan fingerprint density at radius 3 is 2.62 bits per heavy atom. The van der Waals surface area contributed by atoms with Crippen molar-refractivity contribution in [3.8, 4) is 5.75 Å². The summed E-state index contributed by atoms with van der Waals surface area (Å²) in [5.74, 6) is -2.03. The number of hydrogen-bond acceptors (Lipinski definition) is 9. The molecule has 37 heavy (non-hydrogen) atoms. The summed E-state index contributed by atoms with van der Waals surface area (Å²) < 4.78 is 11.0. The van der Waals surface area contributed by atoms with Crippen LogP contribution in [0, 0.1) is 6.92 Å². The molecule has 1 amide bonds. The van der Waals surface area contributed by atoms with Crippen molar-refractivity contribution in [1.82, 2.24) is 9.97 Å². The summed E-state index contributed by atoms with van der Waals surface area (Å²) in [6, 6.07) is 9.16. The number of unbranched alkanes of at least 4 members (excludes halogenated alkanes) is 1. The highest BCUT2D eigenvalue weighted by molar-refractivity contribution is 7.17. The molecule has 0 saturated carbocycles. The van der Waals surface area contributed by atoms with Gasteiger partial charge in [0.1, 0.15) is 16.4 Å². The molecule has 1 aliphatic rings. The molecule has 3 aromatic rings. The summed E-state index contributed by atoms with van der Waals surface area (Å²) in [5.41, 5.74) is 1.18. The van der Waals surface area contributed by atoms with Gasteiger partial charge in [0.25, 0.3) is 5.78 Å². The lowest BCUT2D eigenvalue weighted by atomic mass is 9.95. The Bertz CT molecular complexity index is 1350. The molecule has 1 saturated heterocycles. The molecule has 3 heterocycles. The molecule has 1 fully saturated rings. The van der Waals surface area contributed by atoms with E-state index in [9.17, 15) is 19.5 Å². The number of thiazole rings is 1. The number of ether oxygens (including phenoxy) is 2. The van der Waals surface area contributed by atoms with Crippen molar-refractivity contribution in [3.63, 3.8) is 0 Å². The van der Waals surface area contributed by atoms with Gasteiger partial charge < -0.3 is 14.6 Å². The van der Waals surface area contributed by atoms with Gasteiger partial charge in [-0.1, -0.05) is 36.8 Å². The Morgan fingerprint density at radius 1 is 1.16 bits per heavy atom. The number of ketones is 1. The maximum absolute atomic E-state index is 13.4. The van der Waals surface area contributed by atoms with Gasteiger partial charge >= 0.3 is 11.9 Å². The zero-order valence-electron chi connectivity index (χ0n) is 20.8. The summed E-state index contributed by atoms with van der Waals surface area (Å²) in [6.07, 6.45) is 4.81. The Labute approximate surface area is 218 Å². The minimum absolute atomic E-state index is 0.0903. The normalized spacial score (nSPS) is 16.7. The number of esters is 1. The van der Waals surface area contributed by atoms with Gasteiger partial charge in [-0.25, -0.2) is 9.78 Å². The quantitative estimate of drug-likeness (QED) is 0.140. The summed E-state index contributed by atoms with van der Waals surface area (Å²) in [7, 11) is 0. The number of aryl methyl sites for hydroxylation is 1. The fourth-order valence-electron chi connectivity index (χ4n) is 3.99. The summed E-state index contributed by atoms with van der Waals surface area (Å²) >= 11 is 0.961. The molecule has 1 atom stereocenters. The number of aliphatic hydroxyl groups is 1. The molecule has 0 aliphatic carbocycles. The Kier molecular flexibility index (Phi) is 7.98. The number of pyridine rings is 1. The van der Waals surface area contributed by atoms with Gasteiger partial charge in [0.2, 0.25) is 0 Å². The lowest BCUT2D eigenvalue weighted by molar-refractivity contribution is -0.132. The molecule has 2 aromatic heterocycles. The topological polar surface area (TPSA) is 119 Å². The minimum Gasteiger partial charge on any atom is -0.507 e. The van der Waals surface area contributed by atoms with Gasteiger partial charge in [-0.2, -0.15) is 0 Å². The molecule has 0 radical (unpaired) electrons. The van der Waals surface area contributed by atoms with E-state index in [1.54, 1.807) is 50.2 Å². The number of Topliss-reactive ketones (excluding diaryl/α,β-unsaturated/α-hetero) is 1. The van der Waals surface area contributed by atoms with Crippen molar-refractivity contribution in [2.45, 2.75) is 39.7 Å². The smallest absolute Gasteiger partial charge is 0.350 e. The van der Waals surface area contributed by atoms with Gasteiger partial charge in [-0.15, -0.1) is 0 Å². The zero-order valence-corrected chi connectivity index (χ0v) is 21.6. The third-order valence-corrected chi connectivity index (χ3v) is 6.93. The van der Waals surface area contributed by atoms with E-state index in [1.165, 1.54) is 17.3 Å². The highest BCUT2D eigenvalue weighted by atomic mass is 32.1. The van der Waals surface area contributed by atoms with Crippen molar-refractivity contribution in [2.75, 3.05) is 18.1 Å². The average molecular weight is 522 g/mol. The van der Waals surface area contributed by atoms with Crippen LogP contribution in [0.2, 0.25) is 0 Å². The fraction of sp³-hybridized carbons (Fsp3) is 0.296. The van der Waals surface area contributed by atoms with Crippen LogP contribution in [0.25, 0.3) is 5.76 Å². The van der Waals surface area contributed by atoms with Crippen LogP contribution in [0.4, 0.5) is 5.13 Å². The number of nitrogens with zero attached hydrogens (tertiary/aromatic N) is 3. The molecule has 9 nitrogen and oxygen atoms in total. The summed E-state index contributed by atoms with van der Waals surface area (Å²) in [5, 5.41) is 11.3. The highest BCUT2D eigenvalue weighted by Crippen LogP contribution is 2.44. The second kappa shape index (κ2) is 11.3. The minimum atomic E-state index is -0.997. The van der Waals surface area contributed by atoms with Gasteiger partial charge in [0, 0.05) is 18.0 Å². The van der Waals surface area contributed by atoms with Crippen molar-refractivity contribution in [3.05, 3.63) is 76.1 Å². The van der Waals surface area contributed by atoms with E-state index in [2.05, 4.69) is 16.9 Å². The molecule has 1 N–H and O–H groups in total. The van der Waals surface area contributed by atoms with Crippen LogP contribution in [0.15, 0.2) is 54.4 Å². The van der Waals surface area contributed by atoms with E-state index in [-0.39, 0.29) is 27.9 Å². The highest BCUT2D eigenvalue weighted by Gasteiger charge is 2.48. The molecule has 4 rings (SSSR count). The number of hydrogen-bond donors (Lipinski definition) is 1. The predicted octanol–water partition coefficient (Wildman–Crippen LogP) is 4.83. The first-order chi connectivity index (χ1) is 17.9. The van der Waals surface area contributed by atoms with E-state index in [0.29, 0.717) is 29.2 Å². The third-order valence-electron chi connectivity index (χ3n) is 5.79. The van der Waals surface area contributed by atoms with Gasteiger partial charge in [-0.3, -0.25) is 19.5 Å². The van der Waals surface area contributed by atoms with E-state index < -0.39 is 23.7 Å². The predicted molar refractivity (Wildman–Crippen MR) is 139 cm³/mol. The van der Waals surface area contributed by atoms with Crippen LogP contribution in [0.5, 0.6) is 5.75 Å². The first-order valence-corrected chi connectivity index (χ1v) is 12.8. The monoisotopic (exact) mass is 521 g/mol. The van der Waals surface area contributed by atoms with Crippen LogP contribution in [0.3, 0.4) is 0 Å². The summed E-state index contributed by atoms with van der Waals surface area (Å²) in [6.45, 7) is 6.10. The lowest BCUT2D eigenvalue weighted by Gasteiger charge is -2.23. The van der Waals surface area contributed by atoms with Crippen LogP contribution < -0.4 is 9.64 Å². The number of aliphatic hydroxyl groups excluding tert-OH is 1. The number of carbonyl (C=O) groups excluding carboxylic acids is 3. The van der Waals surface area contributed by atoms with Gasteiger partial charge in [0.15, 0.2) is 5.13 Å². The van der Waals surface area contributed by atoms with Gasteiger partial charge in [-0.05, 0) is 50.1 Å². The first kappa shape index (κ1) is 26.0. The maximum Gasteiger partial charge on any atom is 0.350 e. The van der Waals surface area contributed by atoms with E-state index in [4.69, 9.17) is 9.47 Å². The largest absolute Gasteiger partial charge is 0.507 e. The third kappa shape index (κ3) is 5.24. The number of amides is 1. The van der Waals surface area contributed by atoms with Gasteiger partial charge in [0.05, 0.1) is 30.5 Å². The molecular formula is C27H27N3O6S. The Morgan fingerprint density at radius 2 is 1.92 bits per heavy atom. The second-order valence-corrected chi connectivity index (χ2v) is 9.29. The van der Waals surface area contributed by atoms with Crippen LogP contribution in [-0.2, 0) is 14.3 Å². The molecule has 10 heteroatoms. The van der Waals surface area contributed by atoms with Crippen LogP contribution in [-0.4, -0.2) is 45.9 Å². The molecule has 1 aliphatic heterocycles. The summed E-state index contributed by atoms with van der Waals surface area (Å²) in [4.78, 5) is 49.0. The molecule has 0 bridgehead atoms. The SMILES string of the molecule is CCCCOc1cccc(C2/C(=C(\O)c3ccncc3)C(=O)C(=O)N2c2nc(C)c(C(=O)OCC)s2)c1. The molecule has 1 aromatic carbocycles. The number of carbonyl (C=O) groups is 3. The standard InChI is InChI=1S/C27H27N3O6S/c1-4-6-14-36-19-9-7-8-18(15-19)21-20(22(31)17-10-12-28-13-11-17)23(32)25(33)30(21)27-29-16(3)24(37-27)26(34)35-5-2/h7-13,15,21,31H,4-6,14H2,1-3H3/b22-20+. The van der Waals surface area contributed by atoms with E-state index >= 15 is 0 Å². The number of anilines is 1. The average Bonchev–Trinajstić information content (AvgIpc) is 3.41. The molecular weight excluding hydrogens is 494 g/mol. The zero-order chi connectivity index (χ0) is 26.5. The number of benzene rings is 1. The second-order valence-electron chi connectivity index (χ2n) is 8.31. The number of aromatic nitrogens is 2. The van der Waals surface area contributed by atoms with Crippen LogP contribution >= 0.6 is 11.3 Å². The molecule has 0 spiro atoms. The molecule has 1 unspecified atom stereocenters. The maximum atomic E-state index is 13.4. The number of rotatable bonds is 9. The molecule has 192 valence electrons. The van der Waals surface area contributed by atoms with Crippen LogP contribution in [0.1, 0.15) is 59.2 Å². The Balaban J connectivity index is 1.87. The van der Waals surface area contributed by atoms with E-state index in [0.717, 1.165) is 24.2 Å². The van der Waals surface area contributed by atoms with Crippen molar-refractivity contribution >= 4 is 39.9 Å². The Hall–Kier alpha value is -4.05. The van der Waals surface area contributed by atoms with Crippen molar-refractivity contribution in [2.24, 2.45) is 0 Å². The van der Waals surface area contributed by atoms with Crippen molar-refractivity contribution in [1.29, 1.82) is 0 Å². The van der Waals surface area contributed by atoms with Crippen molar-refractivity contribution < 1.29 is 29.0 Å². The van der Waals surface area contributed by atoms with E-state index in [1.807, 2.05) is 0 Å². The lowest BCUT2D eigenvalue weighted by Crippen LogP contribution is -2.29. The first-order valence-electron chi connectivity index (χ1n) is 12.0.